The van der Waals surface area contributed by atoms with Gasteiger partial charge in [0.15, 0.2) is 0 Å². The molecule has 1 rings (SSSR count). The smallest absolute Gasteiger partial charge is 0.129 e. The van der Waals surface area contributed by atoms with Gasteiger partial charge in [0.05, 0.1) is 0 Å². The lowest BCUT2D eigenvalue weighted by Gasteiger charge is -2.26. The van der Waals surface area contributed by atoms with Gasteiger partial charge in [-0.25, -0.2) is 8.78 Å². The first-order valence-electron chi connectivity index (χ1n) is 7.02. The summed E-state index contributed by atoms with van der Waals surface area (Å²) in [5.74, 6) is 5.00. The molecule has 3 N–H and O–H groups in total. The van der Waals surface area contributed by atoms with Crippen LogP contribution >= 0.6 is 0 Å². The normalized spacial score (nSPS) is 12.9. The van der Waals surface area contributed by atoms with Gasteiger partial charge in [-0.3, -0.25) is 11.3 Å². The molecule has 19 heavy (non-hydrogen) atoms. The summed E-state index contributed by atoms with van der Waals surface area (Å²) in [5, 5.41) is 0. The largest absolute Gasteiger partial charge is 0.271 e. The third-order valence-electron chi connectivity index (χ3n) is 3.56. The molecule has 0 aliphatic carbocycles. The first-order valence-corrected chi connectivity index (χ1v) is 7.02. The Balaban J connectivity index is 2.78. The molecule has 1 aromatic carbocycles. The number of nitrogens with one attached hydrogen (secondary N) is 1. The molecule has 0 amide bonds. The zero-order chi connectivity index (χ0) is 14.3. The number of halogens is 2. The summed E-state index contributed by atoms with van der Waals surface area (Å²) in [6.07, 6.45) is 4.77. The molecule has 0 heterocycles. The van der Waals surface area contributed by atoms with Crippen LogP contribution in [0.5, 0.6) is 0 Å². The van der Waals surface area contributed by atoms with E-state index in [0.717, 1.165) is 31.7 Å². The summed E-state index contributed by atoms with van der Waals surface area (Å²) in [7, 11) is 0. The van der Waals surface area contributed by atoms with Crippen molar-refractivity contribution in [1.29, 1.82) is 0 Å². The van der Waals surface area contributed by atoms with E-state index in [2.05, 4.69) is 19.3 Å². The minimum atomic E-state index is -0.544. The average Bonchev–Trinajstić information content (AvgIpc) is 2.38. The van der Waals surface area contributed by atoms with Crippen LogP contribution in [0.2, 0.25) is 0 Å². The van der Waals surface area contributed by atoms with Gasteiger partial charge in [0.25, 0.3) is 0 Å². The molecule has 1 atom stereocenters. The first kappa shape index (κ1) is 16.1. The molecule has 0 radical (unpaired) electrons. The molecule has 0 aliphatic heterocycles. The number of hydrogen-bond donors (Lipinski definition) is 2. The summed E-state index contributed by atoms with van der Waals surface area (Å²) in [5.41, 5.74) is 3.32. The zero-order valence-corrected chi connectivity index (χ0v) is 11.8. The van der Waals surface area contributed by atoms with Crippen LogP contribution in [0.4, 0.5) is 8.78 Å². The second-order valence-electron chi connectivity index (χ2n) is 5.05. The number of hydrogen-bond acceptors (Lipinski definition) is 2. The fraction of sp³-hybridized carbons (Fsp3) is 0.600. The van der Waals surface area contributed by atoms with Gasteiger partial charge in [0.2, 0.25) is 0 Å². The Morgan fingerprint density at radius 3 is 2.26 bits per heavy atom. The Labute approximate surface area is 114 Å². The lowest BCUT2D eigenvalue weighted by atomic mass is 9.87. The summed E-state index contributed by atoms with van der Waals surface area (Å²) in [6.45, 7) is 4.27. The van der Waals surface area contributed by atoms with Crippen LogP contribution in [0.25, 0.3) is 0 Å². The van der Waals surface area contributed by atoms with E-state index in [1.165, 1.54) is 12.1 Å². The Morgan fingerprint density at radius 2 is 1.79 bits per heavy atom. The molecule has 0 spiro atoms. The van der Waals surface area contributed by atoms with Crippen molar-refractivity contribution >= 4 is 0 Å². The molecule has 0 saturated carbocycles. The predicted molar refractivity (Wildman–Crippen MR) is 74.5 cm³/mol. The molecular weight excluding hydrogens is 246 g/mol. The minimum Gasteiger partial charge on any atom is -0.271 e. The first-order chi connectivity index (χ1) is 9.12. The minimum absolute atomic E-state index is 0.0276. The maximum atomic E-state index is 13.7. The fourth-order valence-electron chi connectivity index (χ4n) is 2.57. The number of hydrazine groups is 1. The zero-order valence-electron chi connectivity index (χ0n) is 11.8. The summed E-state index contributed by atoms with van der Waals surface area (Å²) in [4.78, 5) is 0. The molecular formula is C15H24F2N2. The van der Waals surface area contributed by atoms with Gasteiger partial charge >= 0.3 is 0 Å². The molecule has 0 bridgehead atoms. The Morgan fingerprint density at radius 1 is 1.16 bits per heavy atom. The second kappa shape index (κ2) is 8.23. The highest BCUT2D eigenvalue weighted by molar-refractivity contribution is 5.19. The van der Waals surface area contributed by atoms with Crippen LogP contribution in [0, 0.1) is 17.6 Å². The quantitative estimate of drug-likeness (QED) is 0.560. The molecule has 1 aromatic rings. The van der Waals surface area contributed by atoms with Gasteiger partial charge < -0.3 is 0 Å². The third kappa shape index (κ3) is 4.88. The topological polar surface area (TPSA) is 38.0 Å². The van der Waals surface area contributed by atoms with Crippen molar-refractivity contribution in [3.63, 3.8) is 0 Å². The highest BCUT2D eigenvalue weighted by atomic mass is 19.1. The number of benzene rings is 1. The van der Waals surface area contributed by atoms with Gasteiger partial charge in [0, 0.05) is 12.1 Å². The molecule has 108 valence electrons. The predicted octanol–water partition coefficient (Wildman–Crippen LogP) is 3.56. The van der Waals surface area contributed by atoms with E-state index in [4.69, 9.17) is 5.84 Å². The van der Waals surface area contributed by atoms with Crippen molar-refractivity contribution in [2.45, 2.75) is 52.0 Å². The Bertz CT molecular complexity index is 376. The molecule has 0 aromatic heterocycles. The molecule has 0 saturated heterocycles. The van der Waals surface area contributed by atoms with Gasteiger partial charge in [-0.1, -0.05) is 32.8 Å². The van der Waals surface area contributed by atoms with Crippen LogP contribution in [-0.4, -0.2) is 6.04 Å². The van der Waals surface area contributed by atoms with Crippen molar-refractivity contribution in [2.75, 3.05) is 0 Å². The van der Waals surface area contributed by atoms with Crippen LogP contribution < -0.4 is 11.3 Å². The van der Waals surface area contributed by atoms with Crippen LogP contribution in [0.15, 0.2) is 18.2 Å². The SMILES string of the molecule is CCCC(CCC)C(Cc1ccc(F)cc1F)NN. The Hall–Kier alpha value is -1.00. The Kier molecular flexibility index (Phi) is 6.95. The van der Waals surface area contributed by atoms with Crippen LogP contribution in [0.1, 0.15) is 45.1 Å². The number of nitrogens with two attached hydrogens (primary N) is 1. The van der Waals surface area contributed by atoms with Crippen molar-refractivity contribution in [2.24, 2.45) is 11.8 Å². The van der Waals surface area contributed by atoms with Crippen molar-refractivity contribution in [3.8, 4) is 0 Å². The second-order valence-corrected chi connectivity index (χ2v) is 5.05. The molecule has 1 unspecified atom stereocenters. The van der Waals surface area contributed by atoms with E-state index < -0.39 is 11.6 Å². The molecule has 0 fully saturated rings. The number of rotatable bonds is 8. The summed E-state index contributed by atoms with van der Waals surface area (Å²) in [6, 6.07) is 3.75. The summed E-state index contributed by atoms with van der Waals surface area (Å²) < 4.78 is 26.6. The molecule has 0 aliphatic rings. The van der Waals surface area contributed by atoms with Crippen molar-refractivity contribution in [3.05, 3.63) is 35.4 Å². The van der Waals surface area contributed by atoms with E-state index in [1.807, 2.05) is 0 Å². The van der Waals surface area contributed by atoms with E-state index in [1.54, 1.807) is 0 Å². The highest BCUT2D eigenvalue weighted by Gasteiger charge is 2.20. The molecule has 4 heteroatoms. The highest BCUT2D eigenvalue weighted by Crippen LogP contribution is 2.22. The van der Waals surface area contributed by atoms with Crippen molar-refractivity contribution < 1.29 is 8.78 Å². The standard InChI is InChI=1S/C15H24F2N2/c1-3-5-11(6-4-2)15(19-18)9-12-7-8-13(16)10-14(12)17/h7-8,10-11,15,19H,3-6,9,18H2,1-2H3. The molecule has 2 nitrogen and oxygen atoms in total. The maximum Gasteiger partial charge on any atom is 0.129 e. The summed E-state index contributed by atoms with van der Waals surface area (Å²) >= 11 is 0. The van der Waals surface area contributed by atoms with Gasteiger partial charge in [0.1, 0.15) is 11.6 Å². The van der Waals surface area contributed by atoms with E-state index in [0.29, 0.717) is 17.9 Å². The lowest BCUT2D eigenvalue weighted by Crippen LogP contribution is -2.42. The average molecular weight is 270 g/mol. The van der Waals surface area contributed by atoms with Gasteiger partial charge in [-0.15, -0.1) is 0 Å². The van der Waals surface area contributed by atoms with Gasteiger partial charge in [-0.2, -0.15) is 0 Å². The fourth-order valence-corrected chi connectivity index (χ4v) is 2.57. The van der Waals surface area contributed by atoms with Crippen LogP contribution in [0.3, 0.4) is 0 Å². The lowest BCUT2D eigenvalue weighted by molar-refractivity contribution is 0.309. The maximum absolute atomic E-state index is 13.7. The monoisotopic (exact) mass is 270 g/mol. The van der Waals surface area contributed by atoms with Gasteiger partial charge in [-0.05, 0) is 36.8 Å². The van der Waals surface area contributed by atoms with E-state index in [-0.39, 0.29) is 6.04 Å². The third-order valence-corrected chi connectivity index (χ3v) is 3.56. The van der Waals surface area contributed by atoms with Crippen molar-refractivity contribution in [1.82, 2.24) is 5.43 Å². The van der Waals surface area contributed by atoms with E-state index >= 15 is 0 Å². The van der Waals surface area contributed by atoms with Crippen LogP contribution in [-0.2, 0) is 6.42 Å². The van der Waals surface area contributed by atoms with E-state index in [9.17, 15) is 8.78 Å².